The number of amides is 1. The number of nitrogens with one attached hydrogen (secondary N) is 1. The molecular weight excluding hydrogens is 414 g/mol. The lowest BCUT2D eigenvalue weighted by molar-refractivity contribution is 0.102. The first kappa shape index (κ1) is 22.0. The number of hydrogen-bond acceptors (Lipinski definition) is 4. The second-order valence-corrected chi connectivity index (χ2v) is 7.97. The zero-order valence-corrected chi connectivity index (χ0v) is 18.8. The maximum absolute atomic E-state index is 12.7. The quantitative estimate of drug-likeness (QED) is 0.459. The number of anilines is 1. The van der Waals surface area contributed by atoms with Gasteiger partial charge in [0.1, 0.15) is 6.61 Å². The molecule has 0 aliphatic rings. The van der Waals surface area contributed by atoms with Crippen molar-refractivity contribution >= 4 is 11.6 Å². The Labute approximate surface area is 192 Å². The molecule has 33 heavy (non-hydrogen) atoms. The maximum Gasteiger partial charge on any atom is 0.271 e. The Kier molecular flexibility index (Phi) is 6.36. The number of ether oxygens (including phenoxy) is 1. The zero-order valence-electron chi connectivity index (χ0n) is 18.8. The molecule has 0 unspecified atom stereocenters. The highest BCUT2D eigenvalue weighted by Crippen LogP contribution is 2.20. The number of rotatable bonds is 6. The van der Waals surface area contributed by atoms with Crippen molar-refractivity contribution in [1.82, 2.24) is 9.78 Å². The number of para-hydroxylation sites is 1. The summed E-state index contributed by atoms with van der Waals surface area (Å²) in [5.41, 5.74) is 5.72. The molecule has 6 heteroatoms. The summed E-state index contributed by atoms with van der Waals surface area (Å²) in [4.78, 5) is 25.1. The van der Waals surface area contributed by atoms with Crippen molar-refractivity contribution < 1.29 is 9.53 Å². The molecule has 1 aromatic heterocycles. The van der Waals surface area contributed by atoms with Crippen molar-refractivity contribution in [2.45, 2.75) is 27.4 Å². The summed E-state index contributed by atoms with van der Waals surface area (Å²) >= 11 is 0. The van der Waals surface area contributed by atoms with Gasteiger partial charge in [-0.05, 0) is 61.7 Å². The summed E-state index contributed by atoms with van der Waals surface area (Å²) in [6, 6.07) is 23.6. The molecule has 0 saturated heterocycles. The average Bonchev–Trinajstić information content (AvgIpc) is 2.81. The summed E-state index contributed by atoms with van der Waals surface area (Å²) in [5.74, 6) is 0.127. The fourth-order valence-electron chi connectivity index (χ4n) is 3.57. The minimum absolute atomic E-state index is 0.213. The van der Waals surface area contributed by atoms with Crippen molar-refractivity contribution in [3.63, 3.8) is 0 Å². The van der Waals surface area contributed by atoms with Gasteiger partial charge in [-0.1, -0.05) is 48.0 Å². The monoisotopic (exact) mass is 439 g/mol. The molecule has 0 bridgehead atoms. The van der Waals surface area contributed by atoms with Gasteiger partial charge in [0.15, 0.2) is 0 Å². The van der Waals surface area contributed by atoms with Crippen molar-refractivity contribution in [2.75, 3.05) is 5.32 Å². The van der Waals surface area contributed by atoms with Gasteiger partial charge in [0.2, 0.25) is 5.88 Å². The molecule has 4 aromatic rings. The third kappa shape index (κ3) is 5.18. The molecule has 0 fully saturated rings. The molecule has 0 atom stereocenters. The summed E-state index contributed by atoms with van der Waals surface area (Å²) in [6.45, 7) is 6.29. The van der Waals surface area contributed by atoms with E-state index >= 15 is 0 Å². The van der Waals surface area contributed by atoms with Gasteiger partial charge in [-0.15, -0.1) is 5.10 Å². The van der Waals surface area contributed by atoms with Crippen LogP contribution in [0.15, 0.2) is 83.7 Å². The molecule has 4 rings (SSSR count). The smallest absolute Gasteiger partial charge is 0.271 e. The van der Waals surface area contributed by atoms with Gasteiger partial charge >= 0.3 is 0 Å². The van der Waals surface area contributed by atoms with E-state index < -0.39 is 0 Å². The average molecular weight is 440 g/mol. The molecule has 1 N–H and O–H groups in total. The molecular formula is C27H25N3O3. The van der Waals surface area contributed by atoms with Gasteiger partial charge in [-0.2, -0.15) is 4.68 Å². The lowest BCUT2D eigenvalue weighted by Crippen LogP contribution is -2.21. The summed E-state index contributed by atoms with van der Waals surface area (Å²) in [6.07, 6.45) is 0. The molecule has 0 aliphatic heterocycles. The van der Waals surface area contributed by atoms with E-state index in [2.05, 4.69) is 10.4 Å². The van der Waals surface area contributed by atoms with Crippen molar-refractivity contribution in [3.05, 3.63) is 117 Å². The number of carbonyl (C=O) groups is 1. The van der Waals surface area contributed by atoms with E-state index in [0.717, 1.165) is 27.9 Å². The summed E-state index contributed by atoms with van der Waals surface area (Å²) in [5, 5.41) is 7.29. The minimum Gasteiger partial charge on any atom is -0.472 e. The van der Waals surface area contributed by atoms with Crippen LogP contribution in [0.25, 0.3) is 5.69 Å². The van der Waals surface area contributed by atoms with E-state index in [0.29, 0.717) is 23.7 Å². The van der Waals surface area contributed by atoms with E-state index in [9.17, 15) is 9.59 Å². The summed E-state index contributed by atoms with van der Waals surface area (Å²) < 4.78 is 7.04. The van der Waals surface area contributed by atoms with Crippen LogP contribution >= 0.6 is 0 Å². The van der Waals surface area contributed by atoms with Crippen LogP contribution in [0.1, 0.15) is 32.6 Å². The number of hydrogen-bond donors (Lipinski definition) is 1. The Morgan fingerprint density at radius 3 is 2.30 bits per heavy atom. The predicted octanol–water partition coefficient (Wildman–Crippen LogP) is 4.99. The van der Waals surface area contributed by atoms with Crippen LogP contribution in [-0.4, -0.2) is 15.7 Å². The highest BCUT2D eigenvalue weighted by Gasteiger charge is 2.11. The third-order valence-corrected chi connectivity index (χ3v) is 5.34. The number of carbonyl (C=O) groups excluding carboxylic acids is 1. The van der Waals surface area contributed by atoms with Crippen LogP contribution in [0, 0.1) is 20.8 Å². The molecule has 0 aliphatic carbocycles. The molecule has 0 radical (unpaired) electrons. The maximum atomic E-state index is 12.7. The van der Waals surface area contributed by atoms with Gasteiger partial charge in [-0.3, -0.25) is 9.59 Å². The first-order chi connectivity index (χ1) is 15.9. The first-order valence-corrected chi connectivity index (χ1v) is 10.7. The largest absolute Gasteiger partial charge is 0.472 e. The molecule has 166 valence electrons. The topological polar surface area (TPSA) is 73.2 Å². The second-order valence-electron chi connectivity index (χ2n) is 7.97. The Morgan fingerprint density at radius 1 is 0.909 bits per heavy atom. The standard InChI is InChI=1S/C27H25N3O3/c1-18-6-4-9-21(16-18)17-33-24-14-15-25(31)30(29-24)23-12-10-22(11-13-23)27(32)28-26-19(2)7-5-8-20(26)3/h4-16H,17H2,1-3H3,(H,28,32). The normalized spacial score (nSPS) is 10.6. The van der Waals surface area contributed by atoms with E-state index in [-0.39, 0.29) is 11.5 Å². The predicted molar refractivity (Wildman–Crippen MR) is 129 cm³/mol. The SMILES string of the molecule is Cc1cccc(COc2ccc(=O)n(-c3ccc(C(=O)Nc4c(C)cccc4C)cc3)n2)c1. The van der Waals surface area contributed by atoms with Crippen LogP contribution in [0.5, 0.6) is 5.88 Å². The molecule has 3 aromatic carbocycles. The molecule has 1 heterocycles. The van der Waals surface area contributed by atoms with Crippen LogP contribution in [0.4, 0.5) is 5.69 Å². The van der Waals surface area contributed by atoms with Gasteiger partial charge in [0, 0.05) is 23.4 Å². The van der Waals surface area contributed by atoms with Crippen LogP contribution in [0.3, 0.4) is 0 Å². The van der Waals surface area contributed by atoms with Crippen molar-refractivity contribution in [1.29, 1.82) is 0 Å². The van der Waals surface area contributed by atoms with E-state index in [1.807, 2.05) is 63.2 Å². The number of benzene rings is 3. The van der Waals surface area contributed by atoms with Crippen molar-refractivity contribution in [3.8, 4) is 11.6 Å². The Hall–Kier alpha value is -4.19. The van der Waals surface area contributed by atoms with E-state index in [4.69, 9.17) is 4.74 Å². The van der Waals surface area contributed by atoms with Gasteiger partial charge in [0.25, 0.3) is 11.5 Å². The first-order valence-electron chi connectivity index (χ1n) is 10.7. The van der Waals surface area contributed by atoms with Gasteiger partial charge in [0.05, 0.1) is 5.69 Å². The highest BCUT2D eigenvalue weighted by molar-refractivity contribution is 6.05. The highest BCUT2D eigenvalue weighted by atomic mass is 16.5. The van der Waals surface area contributed by atoms with E-state index in [1.165, 1.54) is 10.7 Å². The van der Waals surface area contributed by atoms with Crippen molar-refractivity contribution in [2.24, 2.45) is 0 Å². The number of aryl methyl sites for hydroxylation is 3. The second kappa shape index (κ2) is 9.53. The zero-order chi connectivity index (χ0) is 23.4. The van der Waals surface area contributed by atoms with E-state index in [1.54, 1.807) is 30.3 Å². The Balaban J connectivity index is 1.50. The van der Waals surface area contributed by atoms with Crippen LogP contribution < -0.4 is 15.6 Å². The van der Waals surface area contributed by atoms with Gasteiger partial charge < -0.3 is 10.1 Å². The fraction of sp³-hybridized carbons (Fsp3) is 0.148. The van der Waals surface area contributed by atoms with Crippen LogP contribution in [0.2, 0.25) is 0 Å². The van der Waals surface area contributed by atoms with Gasteiger partial charge in [-0.25, -0.2) is 0 Å². The molecule has 6 nitrogen and oxygen atoms in total. The minimum atomic E-state index is -0.286. The number of aromatic nitrogens is 2. The molecule has 0 spiro atoms. The Morgan fingerprint density at radius 2 is 1.61 bits per heavy atom. The lowest BCUT2D eigenvalue weighted by atomic mass is 10.1. The molecule has 0 saturated carbocycles. The Bertz CT molecular complexity index is 1340. The summed E-state index contributed by atoms with van der Waals surface area (Å²) in [7, 11) is 0. The fourth-order valence-corrected chi connectivity index (χ4v) is 3.57. The lowest BCUT2D eigenvalue weighted by Gasteiger charge is -2.12. The molecule has 1 amide bonds. The number of nitrogens with zero attached hydrogens (tertiary/aromatic N) is 2. The third-order valence-electron chi connectivity index (χ3n) is 5.34. The van der Waals surface area contributed by atoms with Crippen LogP contribution in [-0.2, 0) is 6.61 Å².